The SMILES string of the molecule is N#CCc1ccc(NC(=O)CSc2ccc3c(c2)OCCO3)cc1. The fourth-order valence-electron chi connectivity index (χ4n) is 2.26. The Bertz CT molecular complexity index is 769. The first-order valence-corrected chi connectivity index (χ1v) is 8.51. The van der Waals surface area contributed by atoms with Crippen molar-refractivity contribution in [3.63, 3.8) is 0 Å². The van der Waals surface area contributed by atoms with Gasteiger partial charge in [0.1, 0.15) is 13.2 Å². The number of nitrogens with zero attached hydrogens (tertiary/aromatic N) is 1. The highest BCUT2D eigenvalue weighted by Crippen LogP contribution is 2.34. The second kappa shape index (κ2) is 7.75. The van der Waals surface area contributed by atoms with Crippen LogP contribution < -0.4 is 14.8 Å². The first kappa shape index (κ1) is 16.2. The number of anilines is 1. The predicted octanol–water partition coefficient (Wildman–Crippen LogP) is 3.25. The minimum atomic E-state index is -0.0806. The maximum atomic E-state index is 12.0. The Morgan fingerprint density at radius 1 is 1.12 bits per heavy atom. The molecular weight excluding hydrogens is 324 g/mol. The van der Waals surface area contributed by atoms with Crippen LogP contribution in [0.2, 0.25) is 0 Å². The van der Waals surface area contributed by atoms with Crippen LogP contribution in [0.3, 0.4) is 0 Å². The number of hydrogen-bond acceptors (Lipinski definition) is 5. The van der Waals surface area contributed by atoms with E-state index in [0.29, 0.717) is 25.4 Å². The lowest BCUT2D eigenvalue weighted by molar-refractivity contribution is -0.113. The topological polar surface area (TPSA) is 71.4 Å². The monoisotopic (exact) mass is 340 g/mol. The van der Waals surface area contributed by atoms with E-state index in [9.17, 15) is 4.79 Å². The van der Waals surface area contributed by atoms with Crippen molar-refractivity contribution in [1.82, 2.24) is 0 Å². The van der Waals surface area contributed by atoms with Crippen LogP contribution in [-0.4, -0.2) is 24.9 Å². The van der Waals surface area contributed by atoms with Crippen LogP contribution in [0.4, 0.5) is 5.69 Å². The van der Waals surface area contributed by atoms with Gasteiger partial charge in [-0.25, -0.2) is 0 Å². The van der Waals surface area contributed by atoms with Crippen LogP contribution in [0, 0.1) is 11.3 Å². The maximum absolute atomic E-state index is 12.0. The van der Waals surface area contributed by atoms with Crippen molar-refractivity contribution in [1.29, 1.82) is 5.26 Å². The van der Waals surface area contributed by atoms with Crippen LogP contribution in [0.15, 0.2) is 47.4 Å². The maximum Gasteiger partial charge on any atom is 0.234 e. The highest BCUT2D eigenvalue weighted by atomic mass is 32.2. The molecular formula is C18H16N2O3S. The third-order valence-corrected chi connectivity index (χ3v) is 4.40. The normalized spacial score (nSPS) is 12.3. The highest BCUT2D eigenvalue weighted by molar-refractivity contribution is 8.00. The van der Waals surface area contributed by atoms with Crippen LogP contribution >= 0.6 is 11.8 Å². The molecule has 2 aromatic rings. The van der Waals surface area contributed by atoms with E-state index in [4.69, 9.17) is 14.7 Å². The molecule has 1 amide bonds. The summed E-state index contributed by atoms with van der Waals surface area (Å²) in [5, 5.41) is 11.5. The van der Waals surface area contributed by atoms with Gasteiger partial charge >= 0.3 is 0 Å². The van der Waals surface area contributed by atoms with Gasteiger partial charge in [0.2, 0.25) is 5.91 Å². The van der Waals surface area contributed by atoms with Gasteiger partial charge in [0.05, 0.1) is 18.2 Å². The number of nitrogens with one attached hydrogen (secondary N) is 1. The number of rotatable bonds is 5. The van der Waals surface area contributed by atoms with Crippen LogP contribution in [-0.2, 0) is 11.2 Å². The van der Waals surface area contributed by atoms with Crippen molar-refractivity contribution in [3.05, 3.63) is 48.0 Å². The fraction of sp³-hybridized carbons (Fsp3) is 0.222. The lowest BCUT2D eigenvalue weighted by Crippen LogP contribution is -2.15. The molecule has 24 heavy (non-hydrogen) atoms. The first-order chi connectivity index (χ1) is 11.7. The van der Waals surface area contributed by atoms with E-state index in [0.717, 1.165) is 27.6 Å². The van der Waals surface area contributed by atoms with Gasteiger partial charge in [-0.2, -0.15) is 5.26 Å². The summed E-state index contributed by atoms with van der Waals surface area (Å²) >= 11 is 1.44. The Morgan fingerprint density at radius 3 is 2.62 bits per heavy atom. The largest absolute Gasteiger partial charge is 0.486 e. The van der Waals surface area contributed by atoms with Crippen molar-refractivity contribution in [3.8, 4) is 17.6 Å². The van der Waals surface area contributed by atoms with Gasteiger partial charge in [0.15, 0.2) is 11.5 Å². The van der Waals surface area contributed by atoms with E-state index in [1.807, 2.05) is 30.3 Å². The summed E-state index contributed by atoms with van der Waals surface area (Å²) in [6.45, 7) is 1.11. The Hall–Kier alpha value is -2.65. The van der Waals surface area contributed by atoms with E-state index in [2.05, 4.69) is 11.4 Å². The van der Waals surface area contributed by atoms with Gasteiger partial charge in [-0.1, -0.05) is 12.1 Å². The minimum Gasteiger partial charge on any atom is -0.486 e. The van der Waals surface area contributed by atoms with E-state index in [1.54, 1.807) is 12.1 Å². The van der Waals surface area contributed by atoms with Crippen LogP contribution in [0.1, 0.15) is 5.56 Å². The summed E-state index contributed by atoms with van der Waals surface area (Å²) < 4.78 is 11.0. The zero-order chi connectivity index (χ0) is 16.8. The lowest BCUT2D eigenvalue weighted by atomic mass is 10.1. The number of nitriles is 1. The summed E-state index contributed by atoms with van der Waals surface area (Å²) in [6, 6.07) is 15.1. The van der Waals surface area contributed by atoms with Crippen molar-refractivity contribution in [2.24, 2.45) is 0 Å². The van der Waals surface area contributed by atoms with Crippen molar-refractivity contribution in [2.75, 3.05) is 24.3 Å². The van der Waals surface area contributed by atoms with E-state index in [1.165, 1.54) is 11.8 Å². The molecule has 0 saturated heterocycles. The lowest BCUT2D eigenvalue weighted by Gasteiger charge is -2.18. The number of benzene rings is 2. The Labute approximate surface area is 144 Å². The van der Waals surface area contributed by atoms with Gasteiger partial charge < -0.3 is 14.8 Å². The Morgan fingerprint density at radius 2 is 1.88 bits per heavy atom. The molecule has 0 aromatic heterocycles. The Balaban J connectivity index is 1.53. The number of carbonyl (C=O) groups is 1. The molecule has 0 bridgehead atoms. The van der Waals surface area contributed by atoms with E-state index in [-0.39, 0.29) is 5.91 Å². The summed E-state index contributed by atoms with van der Waals surface area (Å²) in [5.74, 6) is 1.69. The zero-order valence-electron chi connectivity index (χ0n) is 13.0. The molecule has 0 aliphatic carbocycles. The number of fused-ring (bicyclic) bond motifs is 1. The van der Waals surface area contributed by atoms with E-state index < -0.39 is 0 Å². The van der Waals surface area contributed by atoms with Crippen molar-refractivity contribution >= 4 is 23.4 Å². The van der Waals surface area contributed by atoms with Crippen molar-refractivity contribution < 1.29 is 14.3 Å². The number of thioether (sulfide) groups is 1. The third-order valence-electron chi connectivity index (χ3n) is 3.40. The molecule has 5 nitrogen and oxygen atoms in total. The third kappa shape index (κ3) is 4.21. The number of carbonyl (C=O) groups excluding carboxylic acids is 1. The molecule has 0 saturated carbocycles. The van der Waals surface area contributed by atoms with Crippen LogP contribution in [0.25, 0.3) is 0 Å². The zero-order valence-corrected chi connectivity index (χ0v) is 13.8. The van der Waals surface area contributed by atoms with Gasteiger partial charge in [0.25, 0.3) is 0 Å². The molecule has 122 valence electrons. The van der Waals surface area contributed by atoms with Gasteiger partial charge in [0, 0.05) is 10.6 Å². The smallest absolute Gasteiger partial charge is 0.234 e. The molecule has 6 heteroatoms. The van der Waals surface area contributed by atoms with Crippen LogP contribution in [0.5, 0.6) is 11.5 Å². The molecule has 3 rings (SSSR count). The second-order valence-corrected chi connectivity index (χ2v) is 6.22. The molecule has 0 atom stereocenters. The molecule has 0 fully saturated rings. The standard InChI is InChI=1S/C18H16N2O3S/c19-8-7-13-1-3-14(4-2-13)20-18(21)12-24-15-5-6-16-17(11-15)23-10-9-22-16/h1-6,11H,7,9-10,12H2,(H,20,21). The average molecular weight is 340 g/mol. The summed E-state index contributed by atoms with van der Waals surface area (Å²) in [7, 11) is 0. The quantitative estimate of drug-likeness (QED) is 0.846. The molecule has 1 heterocycles. The van der Waals surface area contributed by atoms with Gasteiger partial charge in [-0.3, -0.25) is 4.79 Å². The highest BCUT2D eigenvalue weighted by Gasteiger charge is 2.12. The molecule has 1 aliphatic heterocycles. The second-order valence-electron chi connectivity index (χ2n) is 5.17. The summed E-state index contributed by atoms with van der Waals surface area (Å²) in [4.78, 5) is 13.0. The van der Waals surface area contributed by atoms with Crippen molar-refractivity contribution in [2.45, 2.75) is 11.3 Å². The number of ether oxygens (including phenoxy) is 2. The first-order valence-electron chi connectivity index (χ1n) is 7.53. The molecule has 2 aromatic carbocycles. The Kier molecular flexibility index (Phi) is 5.24. The molecule has 0 radical (unpaired) electrons. The average Bonchev–Trinajstić information content (AvgIpc) is 2.62. The number of hydrogen-bond donors (Lipinski definition) is 1. The summed E-state index contributed by atoms with van der Waals surface area (Å²) in [6.07, 6.45) is 0.369. The summed E-state index contributed by atoms with van der Waals surface area (Å²) in [5.41, 5.74) is 1.66. The van der Waals surface area contributed by atoms with Gasteiger partial charge in [-0.05, 0) is 35.9 Å². The number of amides is 1. The molecule has 0 spiro atoms. The molecule has 1 aliphatic rings. The van der Waals surface area contributed by atoms with E-state index >= 15 is 0 Å². The predicted molar refractivity (Wildman–Crippen MR) is 92.5 cm³/mol. The molecule has 1 N–H and O–H groups in total. The minimum absolute atomic E-state index is 0.0806. The fourth-order valence-corrected chi connectivity index (χ4v) is 2.98. The van der Waals surface area contributed by atoms with Gasteiger partial charge in [-0.15, -0.1) is 11.8 Å². The molecule has 0 unspecified atom stereocenters.